The van der Waals surface area contributed by atoms with Gasteiger partial charge in [-0.05, 0) is 109 Å². The maximum absolute atomic E-state index is 10.2. The van der Waals surface area contributed by atoms with Crippen LogP contribution in [0.4, 0.5) is 0 Å². The van der Waals surface area contributed by atoms with Crippen molar-refractivity contribution >= 4 is 11.1 Å². The molecule has 0 aromatic heterocycles. The quantitative estimate of drug-likeness (QED) is 0.511. The number of fused-ring (bicyclic) bond motifs is 4. The second kappa shape index (κ2) is 8.39. The number of allylic oxidation sites excluding steroid dienone is 2. The van der Waals surface area contributed by atoms with Gasteiger partial charge < -0.3 is 14.7 Å². The molecule has 0 spiro atoms. The Morgan fingerprint density at radius 1 is 0.970 bits per heavy atom. The van der Waals surface area contributed by atoms with Gasteiger partial charge in [-0.15, -0.1) is 0 Å². The van der Waals surface area contributed by atoms with Crippen LogP contribution in [-0.2, 0) is 6.42 Å². The van der Waals surface area contributed by atoms with Crippen molar-refractivity contribution in [3.8, 4) is 11.5 Å². The average Bonchev–Trinajstić information content (AvgIpc) is 3.40. The van der Waals surface area contributed by atoms with Gasteiger partial charge in [0.25, 0.3) is 0 Å². The molecule has 3 heteroatoms. The van der Waals surface area contributed by atoms with Crippen LogP contribution < -0.4 is 4.74 Å². The number of ether oxygens (including phenoxy) is 1. The number of phenolic OH excluding ortho intramolecular Hbond substituents is 1. The first-order valence-electron chi connectivity index (χ1n) is 12.3. The van der Waals surface area contributed by atoms with Crippen molar-refractivity contribution in [1.82, 2.24) is 4.90 Å². The van der Waals surface area contributed by atoms with E-state index in [1.165, 1.54) is 58.3 Å². The van der Waals surface area contributed by atoms with Gasteiger partial charge in [0.15, 0.2) is 0 Å². The van der Waals surface area contributed by atoms with E-state index in [9.17, 15) is 5.11 Å². The van der Waals surface area contributed by atoms with E-state index in [0.717, 1.165) is 31.6 Å². The van der Waals surface area contributed by atoms with E-state index in [2.05, 4.69) is 66.5 Å². The molecular formula is C30H31NO2. The number of aryl methyl sites for hydroxylation is 1. The lowest BCUT2D eigenvalue weighted by Crippen LogP contribution is -2.26. The summed E-state index contributed by atoms with van der Waals surface area (Å²) in [6.07, 6.45) is 5.76. The lowest BCUT2D eigenvalue weighted by molar-refractivity contribution is 0.233. The first kappa shape index (κ1) is 20.6. The molecule has 3 nitrogen and oxygen atoms in total. The van der Waals surface area contributed by atoms with Crippen molar-refractivity contribution in [1.29, 1.82) is 0 Å². The minimum Gasteiger partial charge on any atom is -0.508 e. The molecule has 1 fully saturated rings. The number of likely N-dealkylation sites (tertiary alicyclic amines) is 1. The third kappa shape index (κ3) is 3.65. The fourth-order valence-corrected chi connectivity index (χ4v) is 6.14. The Morgan fingerprint density at radius 3 is 2.64 bits per heavy atom. The van der Waals surface area contributed by atoms with Gasteiger partial charge in [0.1, 0.15) is 11.5 Å². The van der Waals surface area contributed by atoms with Crippen LogP contribution in [0.5, 0.6) is 11.5 Å². The van der Waals surface area contributed by atoms with E-state index < -0.39 is 0 Å². The van der Waals surface area contributed by atoms with Gasteiger partial charge in [-0.3, -0.25) is 0 Å². The largest absolute Gasteiger partial charge is 0.508 e. The predicted molar refractivity (Wildman–Crippen MR) is 134 cm³/mol. The summed E-state index contributed by atoms with van der Waals surface area (Å²) >= 11 is 0. The van der Waals surface area contributed by atoms with Crippen molar-refractivity contribution < 1.29 is 9.84 Å². The summed E-state index contributed by atoms with van der Waals surface area (Å²) in [6, 6.07) is 24.1. The summed E-state index contributed by atoms with van der Waals surface area (Å²) in [5.74, 6) is 1.48. The van der Waals surface area contributed by atoms with Gasteiger partial charge in [-0.2, -0.15) is 0 Å². The van der Waals surface area contributed by atoms with E-state index >= 15 is 0 Å². The Balaban J connectivity index is 1.29. The molecule has 2 unspecified atom stereocenters. The summed E-state index contributed by atoms with van der Waals surface area (Å²) in [5.41, 5.74) is 9.39. The summed E-state index contributed by atoms with van der Waals surface area (Å²) in [7, 11) is 2.22. The number of hydrogen-bond donors (Lipinski definition) is 1. The SMILES string of the molecule is CN1CCCC1CCOc1ccc(C2C3=C(CCc4ccccc43)c3cc(O)ccc32)cc1. The van der Waals surface area contributed by atoms with E-state index in [1.807, 2.05) is 12.1 Å². The molecular weight excluding hydrogens is 406 g/mol. The fourth-order valence-electron chi connectivity index (χ4n) is 6.14. The van der Waals surface area contributed by atoms with Gasteiger partial charge in [-0.25, -0.2) is 0 Å². The van der Waals surface area contributed by atoms with Crippen LogP contribution >= 0.6 is 0 Å². The zero-order valence-electron chi connectivity index (χ0n) is 19.3. The normalized spacial score (nSPS) is 21.6. The first-order chi connectivity index (χ1) is 16.2. The average molecular weight is 438 g/mol. The summed E-state index contributed by atoms with van der Waals surface area (Å²) in [6.45, 7) is 1.98. The van der Waals surface area contributed by atoms with Crippen molar-refractivity contribution in [3.05, 3.63) is 94.5 Å². The Labute approximate surface area is 196 Å². The molecule has 0 radical (unpaired) electrons. The van der Waals surface area contributed by atoms with E-state index in [1.54, 1.807) is 0 Å². The minimum atomic E-state index is 0.193. The van der Waals surface area contributed by atoms with Crippen LogP contribution in [0.3, 0.4) is 0 Å². The van der Waals surface area contributed by atoms with Crippen molar-refractivity contribution in [2.45, 2.75) is 44.1 Å². The Kier molecular flexibility index (Phi) is 5.22. The van der Waals surface area contributed by atoms with E-state index in [0.29, 0.717) is 11.8 Å². The van der Waals surface area contributed by atoms with E-state index in [4.69, 9.17) is 4.74 Å². The monoisotopic (exact) mass is 437 g/mol. The Bertz CT molecular complexity index is 1210. The molecule has 1 heterocycles. The van der Waals surface area contributed by atoms with Crippen molar-refractivity contribution in [2.24, 2.45) is 0 Å². The molecule has 168 valence electrons. The van der Waals surface area contributed by atoms with Gasteiger partial charge in [0, 0.05) is 12.0 Å². The molecule has 2 aliphatic carbocycles. The molecule has 1 saturated heterocycles. The molecule has 2 atom stereocenters. The summed E-state index contributed by atoms with van der Waals surface area (Å²) < 4.78 is 6.11. The highest BCUT2D eigenvalue weighted by Crippen LogP contribution is 2.54. The second-order valence-corrected chi connectivity index (χ2v) is 9.74. The van der Waals surface area contributed by atoms with E-state index in [-0.39, 0.29) is 5.92 Å². The molecule has 6 rings (SSSR count). The maximum Gasteiger partial charge on any atom is 0.119 e. The molecule has 0 bridgehead atoms. The number of nitrogens with zero attached hydrogens (tertiary/aromatic N) is 1. The highest BCUT2D eigenvalue weighted by molar-refractivity contribution is 6.03. The first-order valence-corrected chi connectivity index (χ1v) is 12.3. The molecule has 0 amide bonds. The van der Waals surface area contributed by atoms with Gasteiger partial charge >= 0.3 is 0 Å². The smallest absolute Gasteiger partial charge is 0.119 e. The molecule has 1 N–H and O–H groups in total. The number of benzene rings is 3. The standard InChI is InChI=1S/C30H31NO2/c1-31-17-4-6-22(31)16-18-33-24-12-8-21(9-13-24)29-26-15-11-23(32)19-28(26)27-14-10-20-5-2-3-7-25(20)30(27)29/h2-3,5,7-9,11-13,15,19,22,29,32H,4,6,10,14,16-18H2,1H3. The molecule has 3 aliphatic rings. The highest BCUT2D eigenvalue weighted by Gasteiger charge is 2.36. The molecule has 33 heavy (non-hydrogen) atoms. The van der Waals surface area contributed by atoms with Gasteiger partial charge in [-0.1, -0.05) is 42.5 Å². The minimum absolute atomic E-state index is 0.193. The lowest BCUT2D eigenvalue weighted by Gasteiger charge is -2.24. The van der Waals surface area contributed by atoms with Gasteiger partial charge in [0.05, 0.1) is 6.61 Å². The molecule has 0 saturated carbocycles. The molecule has 1 aliphatic heterocycles. The van der Waals surface area contributed by atoms with Crippen LogP contribution in [0.25, 0.3) is 11.1 Å². The van der Waals surface area contributed by atoms with Crippen LogP contribution in [0.1, 0.15) is 59.4 Å². The van der Waals surface area contributed by atoms with Crippen LogP contribution in [0.2, 0.25) is 0 Å². The highest BCUT2D eigenvalue weighted by atomic mass is 16.5. The Morgan fingerprint density at radius 2 is 1.82 bits per heavy atom. The lowest BCUT2D eigenvalue weighted by atomic mass is 9.80. The summed E-state index contributed by atoms with van der Waals surface area (Å²) in [5, 5.41) is 10.2. The zero-order chi connectivity index (χ0) is 22.4. The summed E-state index contributed by atoms with van der Waals surface area (Å²) in [4.78, 5) is 2.45. The number of phenols is 1. The third-order valence-corrected chi connectivity index (χ3v) is 7.84. The van der Waals surface area contributed by atoms with Crippen molar-refractivity contribution in [2.75, 3.05) is 20.2 Å². The maximum atomic E-state index is 10.2. The van der Waals surface area contributed by atoms with Crippen LogP contribution in [-0.4, -0.2) is 36.2 Å². The molecule has 3 aromatic rings. The number of hydrogen-bond acceptors (Lipinski definition) is 3. The van der Waals surface area contributed by atoms with Gasteiger partial charge in [0.2, 0.25) is 0 Å². The van der Waals surface area contributed by atoms with Crippen molar-refractivity contribution in [3.63, 3.8) is 0 Å². The van der Waals surface area contributed by atoms with Crippen LogP contribution in [0, 0.1) is 0 Å². The molecule has 3 aromatic carbocycles. The number of aromatic hydroxyl groups is 1. The Hall–Kier alpha value is -3.04. The second-order valence-electron chi connectivity index (χ2n) is 9.74. The predicted octanol–water partition coefficient (Wildman–Crippen LogP) is 6.26. The van der Waals surface area contributed by atoms with Crippen LogP contribution in [0.15, 0.2) is 66.7 Å². The topological polar surface area (TPSA) is 32.7 Å². The third-order valence-electron chi connectivity index (χ3n) is 7.84. The fraction of sp³-hybridized carbons (Fsp3) is 0.333. The number of rotatable bonds is 5. The zero-order valence-corrected chi connectivity index (χ0v) is 19.3.